The van der Waals surface area contributed by atoms with Crippen LogP contribution in [0.4, 0.5) is 4.39 Å². The van der Waals surface area contributed by atoms with Crippen LogP contribution in [0.1, 0.15) is 40.8 Å². The predicted molar refractivity (Wildman–Crippen MR) is 133 cm³/mol. The molecule has 178 valence electrons. The first kappa shape index (κ1) is 24.2. The highest BCUT2D eigenvalue weighted by Crippen LogP contribution is 2.43. The molecule has 2 unspecified atom stereocenters. The maximum absolute atomic E-state index is 14.6. The highest BCUT2D eigenvalue weighted by molar-refractivity contribution is 9.10. The number of nitrogens with zero attached hydrogens (tertiary/aromatic N) is 1. The van der Waals surface area contributed by atoms with Crippen molar-refractivity contribution < 1.29 is 18.7 Å². The number of rotatable bonds is 8. The van der Waals surface area contributed by atoms with Crippen LogP contribution in [0.5, 0.6) is 11.5 Å². The van der Waals surface area contributed by atoms with Gasteiger partial charge in [0, 0.05) is 17.1 Å². The smallest absolute Gasteiger partial charge is 0.239 e. The molecule has 0 bridgehead atoms. The Hall–Kier alpha value is -2.90. The molecule has 1 aliphatic heterocycles. The lowest BCUT2D eigenvalue weighted by Crippen LogP contribution is -2.44. The summed E-state index contributed by atoms with van der Waals surface area (Å²) in [6.07, 6.45) is 1.85. The number of hydrogen-bond donors (Lipinski definition) is 1. The molecule has 5 nitrogen and oxygen atoms in total. The van der Waals surface area contributed by atoms with Crippen molar-refractivity contribution in [3.63, 3.8) is 0 Å². The maximum Gasteiger partial charge on any atom is 0.239 e. The first-order valence-corrected chi connectivity index (χ1v) is 12.0. The molecule has 2 atom stereocenters. The van der Waals surface area contributed by atoms with Crippen LogP contribution in [-0.2, 0) is 17.6 Å². The van der Waals surface area contributed by atoms with E-state index in [0.29, 0.717) is 40.9 Å². The van der Waals surface area contributed by atoms with Crippen LogP contribution in [0.3, 0.4) is 0 Å². The number of ether oxygens (including phenoxy) is 2. The summed E-state index contributed by atoms with van der Waals surface area (Å²) in [6.45, 7) is 0.637. The third-order valence-corrected chi connectivity index (χ3v) is 6.96. The van der Waals surface area contributed by atoms with Gasteiger partial charge in [-0.3, -0.25) is 9.69 Å². The van der Waals surface area contributed by atoms with Gasteiger partial charge in [0.2, 0.25) is 5.91 Å². The van der Waals surface area contributed by atoms with Gasteiger partial charge in [-0.25, -0.2) is 4.39 Å². The Kier molecular flexibility index (Phi) is 7.54. The molecule has 1 heterocycles. The largest absolute Gasteiger partial charge is 0.493 e. The van der Waals surface area contributed by atoms with Crippen molar-refractivity contribution in [2.24, 2.45) is 5.73 Å². The Morgan fingerprint density at radius 1 is 1.12 bits per heavy atom. The lowest BCUT2D eigenvalue weighted by atomic mass is 9.86. The third kappa shape index (κ3) is 4.95. The molecular formula is C27H28BrFN2O3. The number of benzene rings is 3. The number of nitrogens with two attached hydrogens (primary N) is 1. The maximum atomic E-state index is 14.6. The molecule has 0 aromatic heterocycles. The normalized spacial score (nSPS) is 16.5. The molecule has 0 saturated carbocycles. The topological polar surface area (TPSA) is 64.8 Å². The van der Waals surface area contributed by atoms with E-state index in [1.54, 1.807) is 20.3 Å². The minimum absolute atomic E-state index is 0.163. The van der Waals surface area contributed by atoms with E-state index in [-0.39, 0.29) is 11.9 Å². The fraction of sp³-hybridized carbons (Fsp3) is 0.296. The zero-order valence-electron chi connectivity index (χ0n) is 19.3. The molecule has 7 heteroatoms. The minimum Gasteiger partial charge on any atom is -0.493 e. The second-order valence-corrected chi connectivity index (χ2v) is 9.32. The van der Waals surface area contributed by atoms with Crippen LogP contribution in [-0.4, -0.2) is 31.6 Å². The lowest BCUT2D eigenvalue weighted by Gasteiger charge is -2.41. The van der Waals surface area contributed by atoms with E-state index in [0.717, 1.165) is 23.1 Å². The Morgan fingerprint density at radius 3 is 2.47 bits per heavy atom. The number of halogens is 2. The molecular weight excluding hydrogens is 499 g/mol. The fourth-order valence-electron chi connectivity index (χ4n) is 4.85. The summed E-state index contributed by atoms with van der Waals surface area (Å²) in [6, 6.07) is 17.9. The third-order valence-electron chi connectivity index (χ3n) is 6.46. The van der Waals surface area contributed by atoms with E-state index in [1.807, 2.05) is 48.5 Å². The van der Waals surface area contributed by atoms with Gasteiger partial charge in [0.1, 0.15) is 11.9 Å². The average molecular weight is 527 g/mol. The van der Waals surface area contributed by atoms with Gasteiger partial charge in [-0.05, 0) is 65.8 Å². The van der Waals surface area contributed by atoms with Crippen molar-refractivity contribution >= 4 is 21.8 Å². The first-order valence-electron chi connectivity index (χ1n) is 11.2. The van der Waals surface area contributed by atoms with Gasteiger partial charge in [-0.15, -0.1) is 0 Å². The summed E-state index contributed by atoms with van der Waals surface area (Å²) in [4.78, 5) is 14.9. The number of primary amides is 1. The molecule has 3 aromatic carbocycles. The Labute approximate surface area is 207 Å². The van der Waals surface area contributed by atoms with E-state index < -0.39 is 11.9 Å². The molecule has 0 saturated heterocycles. The first-order chi connectivity index (χ1) is 16.4. The van der Waals surface area contributed by atoms with Crippen LogP contribution >= 0.6 is 15.9 Å². The van der Waals surface area contributed by atoms with Crippen LogP contribution in [0.15, 0.2) is 65.1 Å². The number of carbonyl (C=O) groups is 1. The lowest BCUT2D eigenvalue weighted by molar-refractivity contribution is -0.124. The van der Waals surface area contributed by atoms with E-state index in [9.17, 15) is 9.18 Å². The summed E-state index contributed by atoms with van der Waals surface area (Å²) in [7, 11) is 3.22. The number of hydrogen-bond acceptors (Lipinski definition) is 4. The molecule has 0 radical (unpaired) electrons. The van der Waals surface area contributed by atoms with E-state index in [1.165, 1.54) is 6.07 Å². The van der Waals surface area contributed by atoms with Crippen molar-refractivity contribution in [3.05, 3.63) is 93.2 Å². The molecule has 2 N–H and O–H groups in total. The van der Waals surface area contributed by atoms with Crippen molar-refractivity contribution in [2.75, 3.05) is 20.8 Å². The summed E-state index contributed by atoms with van der Waals surface area (Å²) in [5.74, 6) is 0.633. The molecule has 1 aliphatic rings. The monoisotopic (exact) mass is 526 g/mol. The average Bonchev–Trinajstić information content (AvgIpc) is 2.83. The van der Waals surface area contributed by atoms with Gasteiger partial charge in [0.15, 0.2) is 11.5 Å². The predicted octanol–water partition coefficient (Wildman–Crippen LogP) is 5.36. The number of aryl methyl sites for hydroxylation is 1. The quantitative estimate of drug-likeness (QED) is 0.428. The molecule has 0 aliphatic carbocycles. The van der Waals surface area contributed by atoms with Crippen molar-refractivity contribution in [3.8, 4) is 11.5 Å². The van der Waals surface area contributed by atoms with Crippen LogP contribution in [0, 0.1) is 5.82 Å². The summed E-state index contributed by atoms with van der Waals surface area (Å²) in [5, 5.41) is 0. The highest BCUT2D eigenvalue weighted by atomic mass is 79.9. The Balaban J connectivity index is 1.76. The summed E-state index contributed by atoms with van der Waals surface area (Å²) >= 11 is 3.32. The molecule has 0 fully saturated rings. The fourth-order valence-corrected chi connectivity index (χ4v) is 5.18. The zero-order valence-corrected chi connectivity index (χ0v) is 20.8. The van der Waals surface area contributed by atoms with Crippen LogP contribution < -0.4 is 15.2 Å². The molecule has 4 rings (SSSR count). The standard InChI is InChI=1S/C27H28BrFN2O3/c1-33-24-14-19-12-13-31(26(27(30)32)18-6-4-3-5-7-18)23(21(19)16-25(24)34-2)11-9-17-8-10-20(28)15-22(17)29/h3-8,10,14-16,23,26H,9,11-13H2,1-2H3,(H2,30,32). The summed E-state index contributed by atoms with van der Waals surface area (Å²) in [5.41, 5.74) is 9.59. The minimum atomic E-state index is -0.595. The van der Waals surface area contributed by atoms with E-state index in [2.05, 4.69) is 20.8 Å². The highest BCUT2D eigenvalue weighted by Gasteiger charge is 2.36. The van der Waals surface area contributed by atoms with Gasteiger partial charge in [0.25, 0.3) is 0 Å². The number of amides is 1. The number of carbonyl (C=O) groups excluding carboxylic acids is 1. The molecule has 3 aromatic rings. The van der Waals surface area contributed by atoms with Crippen molar-refractivity contribution in [1.82, 2.24) is 4.90 Å². The van der Waals surface area contributed by atoms with E-state index in [4.69, 9.17) is 15.2 Å². The van der Waals surface area contributed by atoms with Gasteiger partial charge >= 0.3 is 0 Å². The SMILES string of the molecule is COc1cc2c(cc1OC)C(CCc1ccc(Br)cc1F)N(C(C(N)=O)c1ccccc1)CC2. The zero-order chi connectivity index (χ0) is 24.2. The molecule has 0 spiro atoms. The Bertz CT molecular complexity index is 1170. The second kappa shape index (κ2) is 10.6. The van der Waals surface area contributed by atoms with Gasteiger partial charge in [0.05, 0.1) is 14.2 Å². The number of fused-ring (bicyclic) bond motifs is 1. The number of methoxy groups -OCH3 is 2. The van der Waals surface area contributed by atoms with Gasteiger partial charge in [-0.1, -0.05) is 52.3 Å². The Morgan fingerprint density at radius 2 is 1.82 bits per heavy atom. The molecule has 1 amide bonds. The van der Waals surface area contributed by atoms with E-state index >= 15 is 0 Å². The van der Waals surface area contributed by atoms with Crippen molar-refractivity contribution in [1.29, 1.82) is 0 Å². The second-order valence-electron chi connectivity index (χ2n) is 8.40. The van der Waals surface area contributed by atoms with Crippen LogP contribution in [0.25, 0.3) is 0 Å². The summed E-state index contributed by atoms with van der Waals surface area (Å²) < 4.78 is 26.4. The van der Waals surface area contributed by atoms with Crippen LogP contribution in [0.2, 0.25) is 0 Å². The molecule has 34 heavy (non-hydrogen) atoms. The van der Waals surface area contributed by atoms with Crippen molar-refractivity contribution in [2.45, 2.75) is 31.3 Å². The van der Waals surface area contributed by atoms with Gasteiger partial charge < -0.3 is 15.2 Å². The van der Waals surface area contributed by atoms with Gasteiger partial charge in [-0.2, -0.15) is 0 Å².